The smallest absolute Gasteiger partial charge is 0.307 e. The number of unbranched alkanes of at least 4 members (excludes halogenated alkanes) is 3. The molecule has 0 aliphatic heterocycles. The average molecular weight is 499 g/mol. The number of nitrogens with one attached hydrogen (secondary N) is 1. The molecule has 2 aromatic rings. The summed E-state index contributed by atoms with van der Waals surface area (Å²) < 4.78 is 5.87. The van der Waals surface area contributed by atoms with E-state index in [0.29, 0.717) is 29.5 Å². The van der Waals surface area contributed by atoms with Crippen molar-refractivity contribution in [2.75, 3.05) is 11.9 Å². The summed E-state index contributed by atoms with van der Waals surface area (Å²) >= 11 is 0. The third-order valence-electron chi connectivity index (χ3n) is 6.01. The topological polar surface area (TPSA) is 126 Å². The maximum absolute atomic E-state index is 12.8. The number of aromatic nitrogens is 1. The molecule has 3 N–H and O–H groups in total. The molecule has 8 heteroatoms. The van der Waals surface area contributed by atoms with Gasteiger partial charge in [-0.2, -0.15) is 0 Å². The summed E-state index contributed by atoms with van der Waals surface area (Å²) in [6, 6.07) is 10.2. The molecule has 0 aliphatic rings. The molecule has 196 valence electrons. The van der Waals surface area contributed by atoms with Crippen LogP contribution in [0.5, 0.6) is 5.75 Å². The summed E-state index contributed by atoms with van der Waals surface area (Å²) in [4.78, 5) is 38.7. The monoisotopic (exact) mass is 498 g/mol. The van der Waals surface area contributed by atoms with Crippen LogP contribution in [0.25, 0.3) is 0 Å². The van der Waals surface area contributed by atoms with Crippen LogP contribution < -0.4 is 10.1 Å². The number of rotatable bonds is 18. The van der Waals surface area contributed by atoms with Crippen molar-refractivity contribution in [2.45, 2.75) is 77.6 Å². The molecule has 1 amide bonds. The third kappa shape index (κ3) is 11.3. The highest BCUT2D eigenvalue weighted by atomic mass is 16.5. The number of hydrogen-bond donors (Lipinski definition) is 3. The van der Waals surface area contributed by atoms with Gasteiger partial charge in [-0.3, -0.25) is 14.4 Å². The van der Waals surface area contributed by atoms with E-state index in [1.54, 1.807) is 36.4 Å². The number of hydrogen-bond acceptors (Lipinski definition) is 5. The Hall–Kier alpha value is -3.42. The number of aliphatic carboxylic acids is 2. The number of carbonyl (C=O) groups excluding carboxylic acids is 1. The first-order chi connectivity index (χ1) is 17.4. The van der Waals surface area contributed by atoms with Crippen molar-refractivity contribution >= 4 is 23.5 Å². The minimum Gasteiger partial charge on any atom is -0.491 e. The zero-order valence-corrected chi connectivity index (χ0v) is 21.1. The van der Waals surface area contributed by atoms with Crippen molar-refractivity contribution < 1.29 is 29.3 Å². The normalized spacial score (nSPS) is 11.6. The molecule has 0 fully saturated rings. The zero-order chi connectivity index (χ0) is 26.2. The van der Waals surface area contributed by atoms with Crippen molar-refractivity contribution in [2.24, 2.45) is 5.92 Å². The predicted molar refractivity (Wildman–Crippen MR) is 138 cm³/mol. The summed E-state index contributed by atoms with van der Waals surface area (Å²) in [7, 11) is 0. The van der Waals surface area contributed by atoms with E-state index < -0.39 is 17.8 Å². The zero-order valence-electron chi connectivity index (χ0n) is 21.1. The lowest BCUT2D eigenvalue weighted by Gasteiger charge is -2.16. The number of benzene rings is 1. The molecule has 0 bridgehead atoms. The van der Waals surface area contributed by atoms with Gasteiger partial charge in [-0.15, -0.1) is 0 Å². The van der Waals surface area contributed by atoms with Crippen LogP contribution >= 0.6 is 0 Å². The van der Waals surface area contributed by atoms with Gasteiger partial charge in [-0.25, -0.2) is 4.98 Å². The maximum atomic E-state index is 12.8. The molecule has 36 heavy (non-hydrogen) atoms. The lowest BCUT2D eigenvalue weighted by Crippen LogP contribution is -2.16. The van der Waals surface area contributed by atoms with E-state index in [1.807, 2.05) is 0 Å². The van der Waals surface area contributed by atoms with Gasteiger partial charge in [0.25, 0.3) is 5.91 Å². The Morgan fingerprint density at radius 2 is 1.72 bits per heavy atom. The van der Waals surface area contributed by atoms with Gasteiger partial charge in [0.15, 0.2) is 11.4 Å². The van der Waals surface area contributed by atoms with E-state index in [0.717, 1.165) is 51.4 Å². The van der Waals surface area contributed by atoms with Crippen molar-refractivity contribution in [3.8, 4) is 5.75 Å². The van der Waals surface area contributed by atoms with Crippen molar-refractivity contribution in [3.05, 3.63) is 53.9 Å². The minimum absolute atomic E-state index is 0.122. The summed E-state index contributed by atoms with van der Waals surface area (Å²) in [6.45, 7) is 2.65. The maximum Gasteiger partial charge on any atom is 0.307 e. The Bertz CT molecular complexity index is 978. The van der Waals surface area contributed by atoms with Crippen LogP contribution in [0.2, 0.25) is 0 Å². The van der Waals surface area contributed by atoms with Crippen LogP contribution in [0.1, 0.15) is 87.2 Å². The van der Waals surface area contributed by atoms with Crippen LogP contribution in [0, 0.1) is 5.92 Å². The molecule has 1 aromatic heterocycles. The quantitative estimate of drug-likeness (QED) is 0.216. The number of nitrogens with zero attached hydrogens (tertiary/aromatic N) is 1. The number of amides is 1. The molecule has 1 heterocycles. The molecule has 1 atom stereocenters. The van der Waals surface area contributed by atoms with Gasteiger partial charge in [0.05, 0.1) is 13.0 Å². The Balaban J connectivity index is 1.80. The number of ether oxygens (including phenoxy) is 1. The van der Waals surface area contributed by atoms with Crippen LogP contribution in [0.15, 0.2) is 42.6 Å². The fourth-order valence-corrected chi connectivity index (χ4v) is 4.16. The number of carboxylic acids is 2. The number of carboxylic acid groups (broad SMARTS) is 2. The lowest BCUT2D eigenvalue weighted by molar-refractivity contribution is -0.137. The number of anilines is 1. The van der Waals surface area contributed by atoms with E-state index in [2.05, 4.69) is 17.2 Å². The van der Waals surface area contributed by atoms with Crippen LogP contribution in [-0.2, 0) is 16.0 Å². The van der Waals surface area contributed by atoms with E-state index in [9.17, 15) is 14.4 Å². The molecule has 0 spiro atoms. The molecule has 8 nitrogen and oxygen atoms in total. The van der Waals surface area contributed by atoms with Gasteiger partial charge in [0.2, 0.25) is 0 Å². The second-order valence-corrected chi connectivity index (χ2v) is 9.07. The Kier molecular flexibility index (Phi) is 13.0. The Labute approximate surface area is 213 Å². The first kappa shape index (κ1) is 28.8. The lowest BCUT2D eigenvalue weighted by atomic mass is 9.91. The Morgan fingerprint density at radius 1 is 0.944 bits per heavy atom. The van der Waals surface area contributed by atoms with Gasteiger partial charge >= 0.3 is 11.9 Å². The first-order valence-corrected chi connectivity index (χ1v) is 12.8. The van der Waals surface area contributed by atoms with E-state index >= 15 is 0 Å². The van der Waals surface area contributed by atoms with Gasteiger partial charge < -0.3 is 20.3 Å². The molecular formula is C28H38N2O6. The highest BCUT2D eigenvalue weighted by Crippen LogP contribution is 2.23. The van der Waals surface area contributed by atoms with Crippen LogP contribution in [0.4, 0.5) is 5.69 Å². The second kappa shape index (κ2) is 16.3. The van der Waals surface area contributed by atoms with Gasteiger partial charge in [-0.05, 0) is 55.0 Å². The molecule has 0 saturated heterocycles. The summed E-state index contributed by atoms with van der Waals surface area (Å²) in [5.74, 6) is -1.10. The fraction of sp³-hybridized carbons (Fsp3) is 0.500. The highest BCUT2D eigenvalue weighted by molar-refractivity contribution is 6.04. The van der Waals surface area contributed by atoms with Crippen LogP contribution in [-0.4, -0.2) is 39.6 Å². The van der Waals surface area contributed by atoms with Gasteiger partial charge in [-0.1, -0.05) is 57.6 Å². The van der Waals surface area contributed by atoms with E-state index in [-0.39, 0.29) is 18.5 Å². The fourth-order valence-electron chi connectivity index (χ4n) is 4.16. The second-order valence-electron chi connectivity index (χ2n) is 9.07. The highest BCUT2D eigenvalue weighted by Gasteiger charge is 2.15. The SMILES string of the molecule is CCCCC(CCCCCOc1cccnc1C(=O)Nc1cccc(CC(=O)O)c1)CCCC(=O)O. The van der Waals surface area contributed by atoms with Crippen LogP contribution in [0.3, 0.4) is 0 Å². The average Bonchev–Trinajstić information content (AvgIpc) is 2.84. The standard InChI is InChI=1S/C28H38N2O6/c1-2-3-10-21(12-8-16-25(31)32)11-5-4-6-18-36-24-15-9-17-29-27(24)28(35)30-23-14-7-13-22(19-23)20-26(33)34/h7,9,13-15,17,19,21H,2-6,8,10-12,16,18,20H2,1H3,(H,30,35)(H,31,32)(H,33,34). The first-order valence-electron chi connectivity index (χ1n) is 12.8. The molecule has 2 rings (SSSR count). The number of carbonyl (C=O) groups is 3. The largest absolute Gasteiger partial charge is 0.491 e. The van der Waals surface area contributed by atoms with E-state index in [4.69, 9.17) is 14.9 Å². The summed E-state index contributed by atoms with van der Waals surface area (Å²) in [5.41, 5.74) is 1.27. The number of pyridine rings is 1. The van der Waals surface area contributed by atoms with Crippen molar-refractivity contribution in [3.63, 3.8) is 0 Å². The van der Waals surface area contributed by atoms with E-state index in [1.165, 1.54) is 12.6 Å². The van der Waals surface area contributed by atoms with Crippen molar-refractivity contribution in [1.29, 1.82) is 0 Å². The Morgan fingerprint density at radius 3 is 2.47 bits per heavy atom. The van der Waals surface area contributed by atoms with Gasteiger partial charge in [0.1, 0.15) is 0 Å². The molecule has 0 saturated carbocycles. The van der Waals surface area contributed by atoms with Gasteiger partial charge in [0, 0.05) is 18.3 Å². The predicted octanol–water partition coefficient (Wildman–Crippen LogP) is 5.96. The molecule has 0 aliphatic carbocycles. The minimum atomic E-state index is -0.937. The molecule has 0 radical (unpaired) electrons. The summed E-state index contributed by atoms with van der Waals surface area (Å²) in [5, 5.41) is 20.6. The molecule has 1 unspecified atom stereocenters. The molecular weight excluding hydrogens is 460 g/mol. The van der Waals surface area contributed by atoms with Crippen molar-refractivity contribution in [1.82, 2.24) is 4.98 Å². The summed E-state index contributed by atoms with van der Waals surface area (Å²) in [6.07, 6.45) is 10.9. The third-order valence-corrected chi connectivity index (χ3v) is 6.01. The molecule has 1 aromatic carbocycles.